The summed E-state index contributed by atoms with van der Waals surface area (Å²) in [5, 5.41) is 9.84. The second-order valence-electron chi connectivity index (χ2n) is 8.14. The summed E-state index contributed by atoms with van der Waals surface area (Å²) in [5.41, 5.74) is 3.06. The quantitative estimate of drug-likeness (QED) is 0.838. The fraction of sp³-hybridized carbons (Fsp3) is 0.619. The predicted octanol–water partition coefficient (Wildman–Crippen LogP) is 2.93. The number of hydrogen-bond donors (Lipinski definition) is 1. The van der Waals surface area contributed by atoms with Crippen molar-refractivity contribution in [3.05, 3.63) is 34.9 Å². The molecule has 1 aromatic carbocycles. The molecule has 0 radical (unpaired) electrons. The predicted molar refractivity (Wildman–Crippen MR) is 109 cm³/mol. The molecule has 2 saturated heterocycles. The van der Waals surface area contributed by atoms with Crippen molar-refractivity contribution in [3.63, 3.8) is 0 Å². The highest BCUT2D eigenvalue weighted by molar-refractivity contribution is 7.99. The first-order valence-corrected chi connectivity index (χ1v) is 10.8. The van der Waals surface area contributed by atoms with Gasteiger partial charge in [0.05, 0.1) is 11.2 Å². The Morgan fingerprint density at radius 3 is 2.56 bits per heavy atom. The Kier molecular flexibility index (Phi) is 6.16. The minimum Gasteiger partial charge on any atom is -0.481 e. The molecule has 6 heteroatoms. The van der Waals surface area contributed by atoms with Gasteiger partial charge in [-0.25, -0.2) is 0 Å². The number of carboxylic acid groups (broad SMARTS) is 1. The topological polar surface area (TPSA) is 60.9 Å². The number of aliphatic carboxylic acids is 1. The van der Waals surface area contributed by atoms with Gasteiger partial charge >= 0.3 is 5.97 Å². The first-order chi connectivity index (χ1) is 12.8. The molecule has 148 valence electrons. The van der Waals surface area contributed by atoms with E-state index in [1.807, 2.05) is 11.9 Å². The van der Waals surface area contributed by atoms with E-state index in [4.69, 9.17) is 0 Å². The van der Waals surface area contributed by atoms with E-state index in [2.05, 4.69) is 36.9 Å². The number of carbonyl (C=O) groups is 2. The lowest BCUT2D eigenvalue weighted by Gasteiger charge is -2.51. The van der Waals surface area contributed by atoms with Crippen molar-refractivity contribution in [1.82, 2.24) is 9.80 Å². The number of likely N-dealkylation sites (N-methyl/N-ethyl adjacent to an activating group) is 1. The average Bonchev–Trinajstić information content (AvgIpc) is 2.60. The first kappa shape index (κ1) is 20.2. The van der Waals surface area contributed by atoms with Crippen LogP contribution in [-0.4, -0.2) is 65.3 Å². The molecule has 2 atom stereocenters. The fourth-order valence-electron chi connectivity index (χ4n) is 4.71. The molecule has 0 bridgehead atoms. The molecule has 0 aliphatic carbocycles. The van der Waals surface area contributed by atoms with Crippen LogP contribution in [0.3, 0.4) is 0 Å². The van der Waals surface area contributed by atoms with Gasteiger partial charge in [0.15, 0.2) is 0 Å². The third-order valence-electron chi connectivity index (χ3n) is 6.08. The molecule has 2 heterocycles. The maximum absolute atomic E-state index is 12.7. The molecule has 0 unspecified atom stereocenters. The van der Waals surface area contributed by atoms with Crippen molar-refractivity contribution in [2.24, 2.45) is 5.41 Å². The van der Waals surface area contributed by atoms with Crippen LogP contribution in [0, 0.1) is 19.3 Å². The van der Waals surface area contributed by atoms with E-state index in [1.165, 1.54) is 16.7 Å². The number of amides is 1. The third kappa shape index (κ3) is 4.32. The van der Waals surface area contributed by atoms with Gasteiger partial charge in [-0.05, 0) is 52.3 Å². The zero-order valence-electron chi connectivity index (χ0n) is 16.5. The van der Waals surface area contributed by atoms with E-state index in [0.29, 0.717) is 25.3 Å². The summed E-state index contributed by atoms with van der Waals surface area (Å²) in [6, 6.07) is 6.42. The van der Waals surface area contributed by atoms with Gasteiger partial charge in [0.2, 0.25) is 5.91 Å². The van der Waals surface area contributed by atoms with E-state index in [1.54, 1.807) is 11.8 Å². The number of hydrogen-bond acceptors (Lipinski definition) is 4. The van der Waals surface area contributed by atoms with Crippen LogP contribution in [0.1, 0.15) is 36.0 Å². The molecule has 2 aliphatic rings. The lowest BCUT2D eigenvalue weighted by Crippen LogP contribution is -2.63. The first-order valence-electron chi connectivity index (χ1n) is 9.68. The summed E-state index contributed by atoms with van der Waals surface area (Å²) in [6.45, 7) is 6.18. The zero-order valence-corrected chi connectivity index (χ0v) is 17.3. The lowest BCUT2D eigenvalue weighted by atomic mass is 9.68. The minimum absolute atomic E-state index is 0.0779. The van der Waals surface area contributed by atoms with Crippen LogP contribution in [-0.2, 0) is 15.3 Å². The number of thioether (sulfide) groups is 1. The lowest BCUT2D eigenvalue weighted by molar-refractivity contribution is -0.164. The number of fused-ring (bicyclic) bond motifs is 1. The molecule has 3 rings (SSSR count). The fourth-order valence-corrected chi connectivity index (χ4v) is 5.57. The smallest absolute Gasteiger partial charge is 0.311 e. The molecule has 0 saturated carbocycles. The van der Waals surface area contributed by atoms with E-state index in [-0.39, 0.29) is 11.9 Å². The van der Waals surface area contributed by atoms with Gasteiger partial charge in [0.25, 0.3) is 0 Å². The highest BCUT2D eigenvalue weighted by Crippen LogP contribution is 2.42. The van der Waals surface area contributed by atoms with Crippen molar-refractivity contribution in [2.45, 2.75) is 44.9 Å². The molecule has 2 aliphatic heterocycles. The molecule has 1 N–H and O–H groups in total. The Balaban J connectivity index is 1.57. The van der Waals surface area contributed by atoms with Gasteiger partial charge in [0.1, 0.15) is 0 Å². The number of carboxylic acids is 1. The summed E-state index contributed by atoms with van der Waals surface area (Å²) in [7, 11) is 1.99. The van der Waals surface area contributed by atoms with E-state index in [9.17, 15) is 14.7 Å². The Morgan fingerprint density at radius 1 is 1.19 bits per heavy atom. The highest BCUT2D eigenvalue weighted by atomic mass is 32.2. The monoisotopic (exact) mass is 390 g/mol. The Morgan fingerprint density at radius 2 is 1.89 bits per heavy atom. The number of aryl methyl sites for hydroxylation is 2. The summed E-state index contributed by atoms with van der Waals surface area (Å²) >= 11 is 1.64. The van der Waals surface area contributed by atoms with Crippen molar-refractivity contribution >= 4 is 23.6 Å². The minimum atomic E-state index is -0.699. The number of likely N-dealkylation sites (tertiary alicyclic amines) is 2. The van der Waals surface area contributed by atoms with Gasteiger partial charge in [-0.1, -0.05) is 29.3 Å². The molecule has 1 aromatic rings. The maximum atomic E-state index is 12.7. The van der Waals surface area contributed by atoms with Gasteiger partial charge in [0, 0.05) is 24.9 Å². The van der Waals surface area contributed by atoms with Crippen molar-refractivity contribution in [1.29, 1.82) is 0 Å². The normalized spacial score (nSPS) is 25.9. The zero-order chi connectivity index (χ0) is 19.6. The second-order valence-corrected chi connectivity index (χ2v) is 9.13. The maximum Gasteiger partial charge on any atom is 0.311 e. The number of piperidine rings is 2. The Bertz CT molecular complexity index is 703. The number of rotatable bonds is 5. The molecule has 0 aromatic heterocycles. The molecule has 5 nitrogen and oxygen atoms in total. The number of benzene rings is 1. The van der Waals surface area contributed by atoms with Gasteiger partial charge < -0.3 is 14.9 Å². The van der Waals surface area contributed by atoms with Crippen LogP contribution in [0.25, 0.3) is 0 Å². The molecule has 2 fully saturated rings. The number of nitrogens with zero attached hydrogens (tertiary/aromatic N) is 2. The van der Waals surface area contributed by atoms with Gasteiger partial charge in [-0.3, -0.25) is 9.59 Å². The average molecular weight is 391 g/mol. The van der Waals surface area contributed by atoms with E-state index in [0.717, 1.165) is 25.1 Å². The summed E-state index contributed by atoms with van der Waals surface area (Å²) in [5.74, 6) is 0.700. The van der Waals surface area contributed by atoms with E-state index < -0.39 is 11.4 Å². The largest absolute Gasteiger partial charge is 0.481 e. The van der Waals surface area contributed by atoms with Crippen LogP contribution in [0.2, 0.25) is 0 Å². The van der Waals surface area contributed by atoms with Crippen LogP contribution < -0.4 is 0 Å². The van der Waals surface area contributed by atoms with Gasteiger partial charge in [-0.15, -0.1) is 11.8 Å². The molecular formula is C21H30N2O3S. The molecule has 27 heavy (non-hydrogen) atoms. The number of carbonyl (C=O) groups excluding carboxylic acids is 1. The van der Waals surface area contributed by atoms with Crippen LogP contribution in [0.15, 0.2) is 18.2 Å². The van der Waals surface area contributed by atoms with Gasteiger partial charge in [-0.2, -0.15) is 0 Å². The third-order valence-corrected chi connectivity index (χ3v) is 7.07. The van der Waals surface area contributed by atoms with Crippen LogP contribution in [0.5, 0.6) is 0 Å². The molecular weight excluding hydrogens is 360 g/mol. The summed E-state index contributed by atoms with van der Waals surface area (Å²) in [6.07, 6.45) is 2.20. The van der Waals surface area contributed by atoms with E-state index >= 15 is 0 Å². The van der Waals surface area contributed by atoms with Crippen LogP contribution >= 0.6 is 11.8 Å². The second kappa shape index (κ2) is 8.23. The Labute approximate surface area is 166 Å². The Hall–Kier alpha value is -1.53. The highest BCUT2D eigenvalue weighted by Gasteiger charge is 2.52. The SMILES string of the molecule is Cc1cc(C)cc(CSCC(=O)N2CC[C@@]3(C(=O)O)CCCN(C)[C@@H]3C2)c1. The molecule has 1 amide bonds. The molecule has 0 spiro atoms. The summed E-state index contributed by atoms with van der Waals surface area (Å²) in [4.78, 5) is 28.7. The summed E-state index contributed by atoms with van der Waals surface area (Å²) < 4.78 is 0. The van der Waals surface area contributed by atoms with Crippen molar-refractivity contribution in [2.75, 3.05) is 32.4 Å². The van der Waals surface area contributed by atoms with Crippen molar-refractivity contribution < 1.29 is 14.7 Å². The standard InChI is InChI=1S/C21H30N2O3S/c1-15-9-16(2)11-17(10-15)13-27-14-19(24)23-8-6-21(20(25)26)5-4-7-22(3)18(21)12-23/h9-11,18H,4-8,12-14H2,1-3H3,(H,25,26)/t18-,21+/m1/s1. The van der Waals surface area contributed by atoms with Crippen molar-refractivity contribution in [3.8, 4) is 0 Å². The van der Waals surface area contributed by atoms with Crippen LogP contribution in [0.4, 0.5) is 0 Å².